The van der Waals surface area contributed by atoms with Gasteiger partial charge in [0.15, 0.2) is 11.6 Å². The standard InChI is InChI=1S/C26H23F2N3O5/c1-3-35-18-9-11-20(12-10-18)36-19-7-5-17(6-8-19)29-23(32)15-31-24(33)26(2,30-25(31)34)16-4-13-21(27)22(28)14-16/h4-14H,3,15H2,1-2H3,(H,29,32)(H,30,34). The van der Waals surface area contributed by atoms with E-state index in [1.54, 1.807) is 48.5 Å². The number of hydrogen-bond donors (Lipinski definition) is 2. The predicted molar refractivity (Wildman–Crippen MR) is 127 cm³/mol. The SMILES string of the molecule is CCOc1ccc(Oc2ccc(NC(=O)CN3C(=O)NC(C)(c4ccc(F)c(F)c4)C3=O)cc2)cc1. The molecule has 8 nitrogen and oxygen atoms in total. The van der Waals surface area contributed by atoms with Crippen molar-refractivity contribution in [3.63, 3.8) is 0 Å². The van der Waals surface area contributed by atoms with Crippen LogP contribution in [0, 0.1) is 11.6 Å². The van der Waals surface area contributed by atoms with Gasteiger partial charge in [-0.2, -0.15) is 0 Å². The normalized spacial score (nSPS) is 17.1. The third kappa shape index (κ3) is 5.12. The molecule has 0 aliphatic carbocycles. The van der Waals surface area contributed by atoms with Gasteiger partial charge in [0.2, 0.25) is 5.91 Å². The summed E-state index contributed by atoms with van der Waals surface area (Å²) in [6.45, 7) is 3.27. The number of nitrogens with zero attached hydrogens (tertiary/aromatic N) is 1. The quantitative estimate of drug-likeness (QED) is 0.447. The largest absolute Gasteiger partial charge is 0.494 e. The van der Waals surface area contributed by atoms with Gasteiger partial charge in [0.25, 0.3) is 5.91 Å². The Hall–Kier alpha value is -4.47. The number of carbonyl (C=O) groups excluding carboxylic acids is 3. The molecule has 1 fully saturated rings. The van der Waals surface area contributed by atoms with E-state index < -0.39 is 41.6 Å². The maximum absolute atomic E-state index is 13.7. The fraction of sp³-hybridized carbons (Fsp3) is 0.192. The van der Waals surface area contributed by atoms with E-state index in [-0.39, 0.29) is 5.56 Å². The molecule has 36 heavy (non-hydrogen) atoms. The summed E-state index contributed by atoms with van der Waals surface area (Å²) in [6.07, 6.45) is 0. The Bertz CT molecular complexity index is 1300. The number of benzene rings is 3. The van der Waals surface area contributed by atoms with Crippen molar-refractivity contribution in [2.75, 3.05) is 18.5 Å². The van der Waals surface area contributed by atoms with Crippen LogP contribution in [0.2, 0.25) is 0 Å². The number of hydrogen-bond acceptors (Lipinski definition) is 5. The Balaban J connectivity index is 1.36. The zero-order chi connectivity index (χ0) is 25.9. The molecular formula is C26H23F2N3O5. The fourth-order valence-electron chi connectivity index (χ4n) is 3.70. The van der Waals surface area contributed by atoms with Crippen LogP contribution in [-0.2, 0) is 15.1 Å². The molecule has 1 atom stereocenters. The first-order valence-corrected chi connectivity index (χ1v) is 11.1. The Labute approximate surface area is 205 Å². The van der Waals surface area contributed by atoms with Gasteiger partial charge in [0.05, 0.1) is 6.61 Å². The van der Waals surface area contributed by atoms with Crippen LogP contribution in [0.5, 0.6) is 17.2 Å². The Kier molecular flexibility index (Phi) is 6.86. The average molecular weight is 495 g/mol. The fourth-order valence-corrected chi connectivity index (χ4v) is 3.70. The summed E-state index contributed by atoms with van der Waals surface area (Å²) in [5.74, 6) is -1.72. The third-order valence-corrected chi connectivity index (χ3v) is 5.58. The highest BCUT2D eigenvalue weighted by molar-refractivity contribution is 6.10. The smallest absolute Gasteiger partial charge is 0.325 e. The van der Waals surface area contributed by atoms with Crippen LogP contribution in [0.25, 0.3) is 0 Å². The van der Waals surface area contributed by atoms with E-state index in [0.29, 0.717) is 23.8 Å². The molecule has 4 rings (SSSR count). The first kappa shape index (κ1) is 24.6. The van der Waals surface area contributed by atoms with Crippen molar-refractivity contribution >= 4 is 23.5 Å². The molecule has 3 aromatic rings. The summed E-state index contributed by atoms with van der Waals surface area (Å²) in [4.78, 5) is 38.6. The monoisotopic (exact) mass is 495 g/mol. The average Bonchev–Trinajstić information content (AvgIpc) is 3.07. The minimum absolute atomic E-state index is 0.0609. The molecule has 0 saturated carbocycles. The number of ether oxygens (including phenoxy) is 2. The number of rotatable bonds is 8. The van der Waals surface area contributed by atoms with E-state index in [2.05, 4.69) is 10.6 Å². The molecule has 2 N–H and O–H groups in total. The minimum Gasteiger partial charge on any atom is -0.494 e. The number of anilines is 1. The second-order valence-electron chi connectivity index (χ2n) is 8.15. The lowest BCUT2D eigenvalue weighted by molar-refractivity contribution is -0.133. The van der Waals surface area contributed by atoms with Gasteiger partial charge in [0.1, 0.15) is 29.3 Å². The molecule has 0 spiro atoms. The highest BCUT2D eigenvalue weighted by atomic mass is 19.2. The predicted octanol–water partition coefficient (Wildman–Crippen LogP) is 4.56. The van der Waals surface area contributed by atoms with Crippen LogP contribution in [0.15, 0.2) is 66.7 Å². The first-order chi connectivity index (χ1) is 17.2. The first-order valence-electron chi connectivity index (χ1n) is 11.1. The lowest BCUT2D eigenvalue weighted by Gasteiger charge is -2.22. The van der Waals surface area contributed by atoms with Gasteiger partial charge in [-0.25, -0.2) is 13.6 Å². The summed E-state index contributed by atoms with van der Waals surface area (Å²) in [5, 5.41) is 5.06. The molecule has 186 valence electrons. The maximum Gasteiger partial charge on any atom is 0.325 e. The molecule has 1 unspecified atom stereocenters. The van der Waals surface area contributed by atoms with Crippen molar-refractivity contribution in [1.29, 1.82) is 0 Å². The second kappa shape index (κ2) is 10.0. The van der Waals surface area contributed by atoms with Crippen molar-refractivity contribution in [3.05, 3.63) is 83.9 Å². The number of halogens is 2. The van der Waals surface area contributed by atoms with Gasteiger partial charge in [-0.1, -0.05) is 6.07 Å². The lowest BCUT2D eigenvalue weighted by Crippen LogP contribution is -2.42. The summed E-state index contributed by atoms with van der Waals surface area (Å²) in [5.41, 5.74) is -1.15. The molecule has 1 saturated heterocycles. The molecule has 1 aliphatic heterocycles. The molecule has 1 aliphatic rings. The minimum atomic E-state index is -1.63. The molecule has 0 bridgehead atoms. The Morgan fingerprint density at radius 1 is 0.944 bits per heavy atom. The summed E-state index contributed by atoms with van der Waals surface area (Å²) in [6, 6.07) is 15.7. The van der Waals surface area contributed by atoms with Crippen LogP contribution in [0.3, 0.4) is 0 Å². The maximum atomic E-state index is 13.7. The van der Waals surface area contributed by atoms with E-state index in [1.807, 2.05) is 6.92 Å². The van der Waals surface area contributed by atoms with Crippen LogP contribution < -0.4 is 20.1 Å². The van der Waals surface area contributed by atoms with Crippen LogP contribution in [0.4, 0.5) is 19.3 Å². The van der Waals surface area contributed by atoms with E-state index >= 15 is 0 Å². The van der Waals surface area contributed by atoms with Crippen LogP contribution in [0.1, 0.15) is 19.4 Å². The highest BCUT2D eigenvalue weighted by Gasteiger charge is 2.49. The van der Waals surface area contributed by atoms with Crippen molar-refractivity contribution in [1.82, 2.24) is 10.2 Å². The summed E-state index contributed by atoms with van der Waals surface area (Å²) < 4.78 is 38.1. The van der Waals surface area contributed by atoms with E-state index in [9.17, 15) is 23.2 Å². The van der Waals surface area contributed by atoms with Gasteiger partial charge in [-0.3, -0.25) is 14.5 Å². The molecular weight excluding hydrogens is 472 g/mol. The number of nitrogens with one attached hydrogen (secondary N) is 2. The molecule has 4 amide bonds. The van der Waals surface area contributed by atoms with Gasteiger partial charge < -0.3 is 20.1 Å². The zero-order valence-electron chi connectivity index (χ0n) is 19.5. The number of carbonyl (C=O) groups is 3. The Morgan fingerprint density at radius 3 is 2.17 bits per heavy atom. The van der Waals surface area contributed by atoms with Gasteiger partial charge in [0, 0.05) is 5.69 Å². The molecule has 10 heteroatoms. The van der Waals surface area contributed by atoms with Crippen LogP contribution >= 0.6 is 0 Å². The topological polar surface area (TPSA) is 97.0 Å². The van der Waals surface area contributed by atoms with E-state index in [0.717, 1.165) is 22.8 Å². The van der Waals surface area contributed by atoms with Gasteiger partial charge in [-0.15, -0.1) is 0 Å². The number of amides is 4. The molecule has 3 aromatic carbocycles. The van der Waals surface area contributed by atoms with Crippen LogP contribution in [-0.4, -0.2) is 35.9 Å². The van der Waals surface area contributed by atoms with E-state index in [1.165, 1.54) is 13.0 Å². The van der Waals surface area contributed by atoms with Crippen molar-refractivity contribution in [3.8, 4) is 17.2 Å². The third-order valence-electron chi connectivity index (χ3n) is 5.58. The van der Waals surface area contributed by atoms with Gasteiger partial charge >= 0.3 is 6.03 Å². The summed E-state index contributed by atoms with van der Waals surface area (Å²) >= 11 is 0. The summed E-state index contributed by atoms with van der Waals surface area (Å²) in [7, 11) is 0. The van der Waals surface area contributed by atoms with E-state index in [4.69, 9.17) is 9.47 Å². The zero-order valence-corrected chi connectivity index (χ0v) is 19.5. The highest BCUT2D eigenvalue weighted by Crippen LogP contribution is 2.30. The Morgan fingerprint density at radius 2 is 1.56 bits per heavy atom. The number of urea groups is 1. The van der Waals surface area contributed by atoms with Crippen molar-refractivity contribution in [2.45, 2.75) is 19.4 Å². The van der Waals surface area contributed by atoms with Crippen molar-refractivity contribution in [2.24, 2.45) is 0 Å². The second-order valence-corrected chi connectivity index (χ2v) is 8.15. The lowest BCUT2D eigenvalue weighted by atomic mass is 9.92. The van der Waals surface area contributed by atoms with Crippen molar-refractivity contribution < 1.29 is 32.6 Å². The molecule has 0 aromatic heterocycles. The molecule has 1 heterocycles. The van der Waals surface area contributed by atoms with Gasteiger partial charge in [-0.05, 0) is 80.1 Å². The molecule has 0 radical (unpaired) electrons. The number of imide groups is 1.